The molecule has 3 aromatic rings. The van der Waals surface area contributed by atoms with Crippen LogP contribution in [0.2, 0.25) is 0 Å². The average molecular weight is 426 g/mol. The number of aromatic nitrogens is 1. The highest BCUT2D eigenvalue weighted by Gasteiger charge is 2.24. The molecule has 0 bridgehead atoms. The molecule has 2 aromatic carbocycles. The van der Waals surface area contributed by atoms with Gasteiger partial charge in [0.15, 0.2) is 0 Å². The summed E-state index contributed by atoms with van der Waals surface area (Å²) >= 11 is 1.38. The normalized spacial score (nSPS) is 14.5. The van der Waals surface area contributed by atoms with E-state index in [9.17, 15) is 9.18 Å². The molecule has 156 valence electrons. The summed E-state index contributed by atoms with van der Waals surface area (Å²) in [6.07, 6.45) is 0.903. The third-order valence-corrected chi connectivity index (χ3v) is 6.50. The lowest BCUT2D eigenvalue weighted by Crippen LogP contribution is -2.35. The van der Waals surface area contributed by atoms with Crippen molar-refractivity contribution in [2.24, 2.45) is 0 Å². The van der Waals surface area contributed by atoms with Crippen LogP contribution in [0.4, 0.5) is 10.1 Å². The van der Waals surface area contributed by atoms with E-state index in [1.165, 1.54) is 23.5 Å². The van der Waals surface area contributed by atoms with Crippen molar-refractivity contribution in [2.75, 3.05) is 38.2 Å². The number of hydrogen-bond acceptors (Lipinski definition) is 5. The molecule has 2 heterocycles. The molecular formula is C23H24FN3O2S. The van der Waals surface area contributed by atoms with Crippen LogP contribution >= 0.6 is 11.3 Å². The number of aryl methyl sites for hydroxylation is 1. The summed E-state index contributed by atoms with van der Waals surface area (Å²) in [7, 11) is 1.66. The molecule has 7 heteroatoms. The second kappa shape index (κ2) is 8.83. The molecule has 1 aliphatic heterocycles. The predicted octanol–water partition coefficient (Wildman–Crippen LogP) is 4.62. The standard InChI is InChI=1S/C23H24FN3O2S/c1-16-21(30-22(25-16)17-4-6-18(24)7-5-17)23(28)27-13-3-12-26(14-15-27)19-8-10-20(29-2)11-9-19/h4-11H,3,12-15H2,1-2H3. The van der Waals surface area contributed by atoms with Gasteiger partial charge in [-0.05, 0) is 61.9 Å². The van der Waals surface area contributed by atoms with Crippen LogP contribution < -0.4 is 9.64 Å². The van der Waals surface area contributed by atoms with E-state index in [4.69, 9.17) is 4.74 Å². The lowest BCUT2D eigenvalue weighted by atomic mass is 10.2. The first kappa shape index (κ1) is 20.3. The summed E-state index contributed by atoms with van der Waals surface area (Å²) in [5.74, 6) is 0.576. The van der Waals surface area contributed by atoms with E-state index in [-0.39, 0.29) is 11.7 Å². The van der Waals surface area contributed by atoms with Crippen molar-refractivity contribution >= 4 is 22.9 Å². The largest absolute Gasteiger partial charge is 0.497 e. The number of hydrogen-bond donors (Lipinski definition) is 0. The SMILES string of the molecule is COc1ccc(N2CCCN(C(=O)c3sc(-c4ccc(F)cc4)nc3C)CC2)cc1. The summed E-state index contributed by atoms with van der Waals surface area (Å²) < 4.78 is 18.4. The van der Waals surface area contributed by atoms with Gasteiger partial charge in [0.25, 0.3) is 5.91 Å². The molecule has 0 N–H and O–H groups in total. The van der Waals surface area contributed by atoms with E-state index in [0.29, 0.717) is 18.0 Å². The van der Waals surface area contributed by atoms with Crippen molar-refractivity contribution in [1.29, 1.82) is 0 Å². The van der Waals surface area contributed by atoms with Gasteiger partial charge in [-0.15, -0.1) is 11.3 Å². The molecule has 1 aliphatic rings. The number of carbonyl (C=O) groups excluding carboxylic acids is 1. The van der Waals surface area contributed by atoms with Crippen LogP contribution in [0, 0.1) is 12.7 Å². The van der Waals surface area contributed by atoms with Crippen molar-refractivity contribution in [1.82, 2.24) is 9.88 Å². The smallest absolute Gasteiger partial charge is 0.265 e. The van der Waals surface area contributed by atoms with Crippen molar-refractivity contribution in [3.05, 3.63) is 64.9 Å². The van der Waals surface area contributed by atoms with Crippen LogP contribution in [-0.2, 0) is 0 Å². The van der Waals surface area contributed by atoms with Crippen LogP contribution in [0.1, 0.15) is 21.8 Å². The molecule has 0 spiro atoms. The molecular weight excluding hydrogens is 401 g/mol. The van der Waals surface area contributed by atoms with Crippen LogP contribution in [0.3, 0.4) is 0 Å². The van der Waals surface area contributed by atoms with Gasteiger partial charge < -0.3 is 14.5 Å². The van der Waals surface area contributed by atoms with E-state index in [1.807, 2.05) is 24.0 Å². The zero-order valence-corrected chi connectivity index (χ0v) is 17.9. The molecule has 0 radical (unpaired) electrons. The van der Waals surface area contributed by atoms with E-state index in [0.717, 1.165) is 47.2 Å². The van der Waals surface area contributed by atoms with Gasteiger partial charge in [-0.2, -0.15) is 0 Å². The Balaban J connectivity index is 1.46. The van der Waals surface area contributed by atoms with Crippen LogP contribution in [0.15, 0.2) is 48.5 Å². The van der Waals surface area contributed by atoms with Crippen molar-refractivity contribution in [3.8, 4) is 16.3 Å². The number of halogens is 1. The van der Waals surface area contributed by atoms with Gasteiger partial charge in [-0.3, -0.25) is 4.79 Å². The molecule has 0 saturated carbocycles. The zero-order valence-electron chi connectivity index (χ0n) is 17.1. The molecule has 0 aliphatic carbocycles. The highest BCUT2D eigenvalue weighted by Crippen LogP contribution is 2.29. The van der Waals surface area contributed by atoms with Crippen molar-refractivity contribution < 1.29 is 13.9 Å². The fourth-order valence-corrected chi connectivity index (χ4v) is 4.67. The minimum Gasteiger partial charge on any atom is -0.497 e. The monoisotopic (exact) mass is 425 g/mol. The Morgan fingerprint density at radius 2 is 1.77 bits per heavy atom. The minimum absolute atomic E-state index is 0.0231. The summed E-state index contributed by atoms with van der Waals surface area (Å²) in [4.78, 5) is 22.6. The number of benzene rings is 2. The van der Waals surface area contributed by atoms with Crippen LogP contribution in [0.25, 0.3) is 10.6 Å². The number of rotatable bonds is 4. The Hall–Kier alpha value is -2.93. The van der Waals surface area contributed by atoms with Gasteiger partial charge in [0.1, 0.15) is 21.5 Å². The number of anilines is 1. The number of thiazole rings is 1. The number of ether oxygens (including phenoxy) is 1. The first-order valence-electron chi connectivity index (χ1n) is 9.97. The van der Waals surface area contributed by atoms with E-state index in [2.05, 4.69) is 22.0 Å². The molecule has 1 amide bonds. The van der Waals surface area contributed by atoms with Crippen molar-refractivity contribution in [2.45, 2.75) is 13.3 Å². The quantitative estimate of drug-likeness (QED) is 0.612. The molecule has 4 rings (SSSR count). The maximum Gasteiger partial charge on any atom is 0.265 e. The predicted molar refractivity (Wildman–Crippen MR) is 118 cm³/mol. The van der Waals surface area contributed by atoms with Gasteiger partial charge in [-0.25, -0.2) is 9.37 Å². The Morgan fingerprint density at radius 1 is 1.03 bits per heavy atom. The number of nitrogens with zero attached hydrogens (tertiary/aromatic N) is 3. The Kier molecular flexibility index (Phi) is 5.99. The summed E-state index contributed by atoms with van der Waals surface area (Å²) in [6, 6.07) is 14.2. The van der Waals surface area contributed by atoms with Crippen LogP contribution in [0.5, 0.6) is 5.75 Å². The fourth-order valence-electron chi connectivity index (χ4n) is 3.63. The second-order valence-electron chi connectivity index (χ2n) is 7.27. The number of amides is 1. The molecule has 0 atom stereocenters. The van der Waals surface area contributed by atoms with Crippen LogP contribution in [-0.4, -0.2) is 49.1 Å². The van der Waals surface area contributed by atoms with Gasteiger partial charge in [0, 0.05) is 37.4 Å². The second-order valence-corrected chi connectivity index (χ2v) is 8.27. The highest BCUT2D eigenvalue weighted by atomic mass is 32.1. The Morgan fingerprint density at radius 3 is 2.47 bits per heavy atom. The highest BCUT2D eigenvalue weighted by molar-refractivity contribution is 7.17. The topological polar surface area (TPSA) is 45.7 Å². The number of methoxy groups -OCH3 is 1. The van der Waals surface area contributed by atoms with Gasteiger partial charge in [-0.1, -0.05) is 0 Å². The minimum atomic E-state index is -0.283. The van der Waals surface area contributed by atoms with Gasteiger partial charge in [0.05, 0.1) is 12.8 Å². The molecule has 1 saturated heterocycles. The van der Waals surface area contributed by atoms with Gasteiger partial charge >= 0.3 is 0 Å². The molecule has 1 aromatic heterocycles. The lowest BCUT2D eigenvalue weighted by molar-refractivity contribution is 0.0771. The Labute approximate surface area is 179 Å². The maximum atomic E-state index is 13.2. The third-order valence-electron chi connectivity index (χ3n) is 5.30. The maximum absolute atomic E-state index is 13.2. The zero-order chi connectivity index (χ0) is 21.1. The number of carbonyl (C=O) groups is 1. The summed E-state index contributed by atoms with van der Waals surface area (Å²) in [5, 5.41) is 0.741. The van der Waals surface area contributed by atoms with E-state index < -0.39 is 0 Å². The average Bonchev–Trinajstić information content (AvgIpc) is 2.99. The van der Waals surface area contributed by atoms with E-state index in [1.54, 1.807) is 19.2 Å². The molecule has 0 unspecified atom stereocenters. The first-order chi connectivity index (χ1) is 14.5. The first-order valence-corrected chi connectivity index (χ1v) is 10.8. The molecule has 5 nitrogen and oxygen atoms in total. The van der Waals surface area contributed by atoms with Gasteiger partial charge in [0.2, 0.25) is 0 Å². The Bertz CT molecular complexity index is 1020. The van der Waals surface area contributed by atoms with Crippen molar-refractivity contribution in [3.63, 3.8) is 0 Å². The molecule has 30 heavy (non-hydrogen) atoms. The fraction of sp³-hybridized carbons (Fsp3) is 0.304. The van der Waals surface area contributed by atoms with E-state index >= 15 is 0 Å². The lowest BCUT2D eigenvalue weighted by Gasteiger charge is -2.23. The third kappa shape index (κ3) is 4.31. The summed E-state index contributed by atoms with van der Waals surface area (Å²) in [6.45, 7) is 4.92. The molecule has 1 fully saturated rings. The summed E-state index contributed by atoms with van der Waals surface area (Å²) in [5.41, 5.74) is 2.68.